The van der Waals surface area contributed by atoms with E-state index in [1.165, 1.54) is 10.8 Å². The fourth-order valence-electron chi connectivity index (χ4n) is 1.30. The molecule has 0 aliphatic heterocycles. The van der Waals surface area contributed by atoms with Crippen LogP contribution in [-0.4, -0.2) is 14.9 Å². The zero-order valence-corrected chi connectivity index (χ0v) is 7.09. The van der Waals surface area contributed by atoms with Crippen LogP contribution in [0, 0.1) is 0 Å². The Bertz CT molecular complexity index is 433. The van der Waals surface area contributed by atoms with Crippen molar-refractivity contribution < 1.29 is 5.11 Å². The van der Waals surface area contributed by atoms with Crippen LogP contribution < -0.4 is 0 Å². The van der Waals surface area contributed by atoms with Crippen molar-refractivity contribution in [2.75, 3.05) is 0 Å². The molecule has 66 valence electrons. The third kappa shape index (κ3) is 1.23. The summed E-state index contributed by atoms with van der Waals surface area (Å²) < 4.78 is 1.53. The molecule has 3 heteroatoms. The Morgan fingerprint density at radius 3 is 3.00 bits per heavy atom. The predicted molar refractivity (Wildman–Crippen MR) is 51.2 cm³/mol. The van der Waals surface area contributed by atoms with E-state index in [2.05, 4.69) is 11.7 Å². The maximum atomic E-state index is 9.50. The summed E-state index contributed by atoms with van der Waals surface area (Å²) in [6, 6.07) is 7.72. The molecule has 1 N–H and O–H groups in total. The lowest BCUT2D eigenvalue weighted by Crippen LogP contribution is -2.05. The molecule has 0 aliphatic rings. The average Bonchev–Trinajstić information content (AvgIpc) is 2.60. The molecule has 1 aromatic carbocycles. The third-order valence-corrected chi connectivity index (χ3v) is 1.97. The summed E-state index contributed by atoms with van der Waals surface area (Å²) >= 11 is 0. The molecule has 0 saturated carbocycles. The van der Waals surface area contributed by atoms with Crippen molar-refractivity contribution in [2.45, 2.75) is 6.23 Å². The standard InChI is InChI=1S/C10H10N2O/c1-2-10(13)12-9-6-4-3-5-8(9)7-11-12/h2-7,10,13H,1H2. The van der Waals surface area contributed by atoms with Gasteiger partial charge in [-0.1, -0.05) is 24.8 Å². The van der Waals surface area contributed by atoms with Gasteiger partial charge in [0.2, 0.25) is 0 Å². The molecule has 0 bridgehead atoms. The zero-order valence-electron chi connectivity index (χ0n) is 7.09. The molecule has 0 spiro atoms. The summed E-state index contributed by atoms with van der Waals surface area (Å²) in [7, 11) is 0. The molecule has 0 saturated heterocycles. The molecule has 1 aromatic heterocycles. The quantitative estimate of drug-likeness (QED) is 0.704. The van der Waals surface area contributed by atoms with Crippen molar-refractivity contribution in [2.24, 2.45) is 0 Å². The summed E-state index contributed by atoms with van der Waals surface area (Å²) in [4.78, 5) is 0. The Morgan fingerprint density at radius 2 is 2.23 bits per heavy atom. The van der Waals surface area contributed by atoms with Crippen molar-refractivity contribution in [1.82, 2.24) is 9.78 Å². The summed E-state index contributed by atoms with van der Waals surface area (Å²) in [5.74, 6) is 0. The highest BCUT2D eigenvalue weighted by Gasteiger charge is 2.05. The molecular weight excluding hydrogens is 164 g/mol. The van der Waals surface area contributed by atoms with Crippen LogP contribution in [0.1, 0.15) is 6.23 Å². The minimum absolute atomic E-state index is 0.750. The van der Waals surface area contributed by atoms with Gasteiger partial charge in [0, 0.05) is 5.39 Å². The normalized spacial score (nSPS) is 13.0. The van der Waals surface area contributed by atoms with Crippen LogP contribution in [0.4, 0.5) is 0 Å². The topological polar surface area (TPSA) is 38.0 Å². The molecule has 0 aliphatic carbocycles. The van der Waals surface area contributed by atoms with Gasteiger partial charge in [-0.25, -0.2) is 4.68 Å². The van der Waals surface area contributed by atoms with E-state index < -0.39 is 6.23 Å². The first-order valence-corrected chi connectivity index (χ1v) is 4.06. The van der Waals surface area contributed by atoms with E-state index in [1.54, 1.807) is 6.20 Å². The lowest BCUT2D eigenvalue weighted by Gasteiger charge is -2.06. The monoisotopic (exact) mass is 174 g/mol. The maximum Gasteiger partial charge on any atom is 0.166 e. The van der Waals surface area contributed by atoms with Gasteiger partial charge < -0.3 is 5.11 Å². The largest absolute Gasteiger partial charge is 0.368 e. The first-order valence-electron chi connectivity index (χ1n) is 4.06. The number of aliphatic hydroxyl groups is 1. The van der Waals surface area contributed by atoms with Gasteiger partial charge in [0.1, 0.15) is 0 Å². The predicted octanol–water partition coefficient (Wildman–Crippen LogP) is 1.71. The van der Waals surface area contributed by atoms with E-state index in [1.807, 2.05) is 24.3 Å². The molecular formula is C10H10N2O. The third-order valence-electron chi connectivity index (χ3n) is 1.97. The molecule has 0 fully saturated rings. The molecule has 0 amide bonds. The van der Waals surface area contributed by atoms with E-state index in [-0.39, 0.29) is 0 Å². The van der Waals surface area contributed by atoms with Crippen LogP contribution in [0.25, 0.3) is 10.9 Å². The van der Waals surface area contributed by atoms with Crippen LogP contribution in [-0.2, 0) is 0 Å². The van der Waals surface area contributed by atoms with Gasteiger partial charge in [-0.15, -0.1) is 0 Å². The molecule has 2 aromatic rings. The highest BCUT2D eigenvalue weighted by atomic mass is 16.3. The molecule has 1 unspecified atom stereocenters. The first kappa shape index (κ1) is 8.01. The van der Waals surface area contributed by atoms with E-state index in [0.29, 0.717) is 0 Å². The van der Waals surface area contributed by atoms with Crippen LogP contribution in [0.3, 0.4) is 0 Å². The Labute approximate surface area is 75.9 Å². The van der Waals surface area contributed by atoms with Gasteiger partial charge in [-0.2, -0.15) is 5.10 Å². The van der Waals surface area contributed by atoms with Crippen LogP contribution in [0.2, 0.25) is 0 Å². The second-order valence-corrected chi connectivity index (χ2v) is 2.80. The Hall–Kier alpha value is -1.61. The molecule has 0 radical (unpaired) electrons. The van der Waals surface area contributed by atoms with Gasteiger partial charge in [-0.3, -0.25) is 0 Å². The lowest BCUT2D eigenvalue weighted by atomic mass is 10.2. The van der Waals surface area contributed by atoms with Crippen LogP contribution in [0.15, 0.2) is 43.1 Å². The van der Waals surface area contributed by atoms with Gasteiger partial charge in [0.05, 0.1) is 11.7 Å². The number of benzene rings is 1. The van der Waals surface area contributed by atoms with Gasteiger partial charge in [-0.05, 0) is 12.1 Å². The van der Waals surface area contributed by atoms with Gasteiger partial charge in [0.15, 0.2) is 6.23 Å². The molecule has 1 atom stereocenters. The van der Waals surface area contributed by atoms with Gasteiger partial charge >= 0.3 is 0 Å². The number of fused-ring (bicyclic) bond motifs is 1. The van der Waals surface area contributed by atoms with Gasteiger partial charge in [0.25, 0.3) is 0 Å². The molecule has 1 heterocycles. The fraction of sp³-hybridized carbons (Fsp3) is 0.100. The number of para-hydroxylation sites is 1. The van der Waals surface area contributed by atoms with Crippen molar-refractivity contribution in [3.8, 4) is 0 Å². The summed E-state index contributed by atoms with van der Waals surface area (Å²) in [6.07, 6.45) is 2.42. The minimum atomic E-state index is -0.750. The van der Waals surface area contributed by atoms with E-state index >= 15 is 0 Å². The lowest BCUT2D eigenvalue weighted by molar-refractivity contribution is 0.145. The molecule has 2 rings (SSSR count). The Morgan fingerprint density at radius 1 is 1.46 bits per heavy atom. The van der Waals surface area contributed by atoms with Crippen molar-refractivity contribution in [1.29, 1.82) is 0 Å². The summed E-state index contributed by atoms with van der Waals surface area (Å²) in [5.41, 5.74) is 0.912. The zero-order chi connectivity index (χ0) is 9.26. The SMILES string of the molecule is C=CC(O)n1ncc2ccccc21. The highest BCUT2D eigenvalue weighted by molar-refractivity contribution is 5.78. The van der Waals surface area contributed by atoms with E-state index in [4.69, 9.17) is 0 Å². The van der Waals surface area contributed by atoms with Crippen LogP contribution in [0.5, 0.6) is 0 Å². The maximum absolute atomic E-state index is 9.50. The molecule has 3 nitrogen and oxygen atoms in total. The Balaban J connectivity index is 2.64. The van der Waals surface area contributed by atoms with Crippen molar-refractivity contribution in [3.63, 3.8) is 0 Å². The number of aliphatic hydroxyl groups excluding tert-OH is 1. The average molecular weight is 174 g/mol. The van der Waals surface area contributed by atoms with Crippen molar-refractivity contribution >= 4 is 10.9 Å². The highest BCUT2D eigenvalue weighted by Crippen LogP contribution is 2.16. The summed E-state index contributed by atoms with van der Waals surface area (Å²) in [6.45, 7) is 3.51. The molecule has 13 heavy (non-hydrogen) atoms. The van der Waals surface area contributed by atoms with E-state index in [0.717, 1.165) is 10.9 Å². The number of aromatic nitrogens is 2. The van der Waals surface area contributed by atoms with Crippen molar-refractivity contribution in [3.05, 3.63) is 43.1 Å². The second-order valence-electron chi connectivity index (χ2n) is 2.80. The number of hydrogen-bond donors (Lipinski definition) is 1. The minimum Gasteiger partial charge on any atom is -0.368 e. The first-order chi connectivity index (χ1) is 6.33. The van der Waals surface area contributed by atoms with Crippen LogP contribution >= 0.6 is 0 Å². The Kier molecular flexibility index (Phi) is 1.87. The number of hydrogen-bond acceptors (Lipinski definition) is 2. The smallest absolute Gasteiger partial charge is 0.166 e. The fourth-order valence-corrected chi connectivity index (χ4v) is 1.30. The second kappa shape index (κ2) is 3.03. The van der Waals surface area contributed by atoms with E-state index in [9.17, 15) is 5.11 Å². The number of nitrogens with zero attached hydrogens (tertiary/aromatic N) is 2. The summed E-state index contributed by atoms with van der Waals surface area (Å²) in [5, 5.41) is 14.6. The number of rotatable bonds is 2.